The number of benzene rings is 2. The molecule has 4 rings (SSSR count). The zero-order valence-electron chi connectivity index (χ0n) is 33.4. The minimum atomic E-state index is -4.39. The third kappa shape index (κ3) is 13.9. The molecule has 0 aliphatic carbocycles. The predicted molar refractivity (Wildman–Crippen MR) is 206 cm³/mol. The van der Waals surface area contributed by atoms with Crippen LogP contribution in [-0.4, -0.2) is 147 Å². The molecule has 0 N–H and O–H groups in total. The lowest BCUT2D eigenvalue weighted by Crippen LogP contribution is -2.49. The Kier molecular flexibility index (Phi) is 17.4. The fourth-order valence-electron chi connectivity index (χ4n) is 6.47. The SMILES string of the molecule is COC(COCC(CN1CCN(CCCN2c3ccccc3Sc3ccc(C(F)(F)F)cc32)CC1)OC)COCC(CC(C)(C)OCC(C)(C)OC)OC. The molecule has 3 atom stereocenters. The van der Waals surface area contributed by atoms with Crippen LogP contribution in [0.3, 0.4) is 0 Å². The van der Waals surface area contributed by atoms with Crippen LogP contribution in [-0.2, 0) is 39.3 Å². The summed E-state index contributed by atoms with van der Waals surface area (Å²) in [6, 6.07) is 12.0. The van der Waals surface area contributed by atoms with Crippen LogP contribution in [0.5, 0.6) is 0 Å². The van der Waals surface area contributed by atoms with Crippen molar-refractivity contribution in [1.29, 1.82) is 0 Å². The monoisotopic (exact) mass is 785 g/mol. The molecule has 0 aromatic heterocycles. The highest BCUT2D eigenvalue weighted by molar-refractivity contribution is 7.99. The lowest BCUT2D eigenvalue weighted by atomic mass is 10.00. The van der Waals surface area contributed by atoms with Crippen LogP contribution in [0.4, 0.5) is 24.5 Å². The highest BCUT2D eigenvalue weighted by Gasteiger charge is 2.34. The number of fused-ring (bicyclic) bond motifs is 2. The normalized spacial score (nSPS) is 17.6. The number of nitrogens with zero attached hydrogens (tertiary/aromatic N) is 3. The van der Waals surface area contributed by atoms with Gasteiger partial charge in [0.1, 0.15) is 6.10 Å². The number of ether oxygens (including phenoxy) is 7. The Labute approximate surface area is 324 Å². The van der Waals surface area contributed by atoms with Gasteiger partial charge in [-0.25, -0.2) is 0 Å². The number of halogens is 3. The number of alkyl halides is 3. The number of rotatable bonds is 23. The van der Waals surface area contributed by atoms with Gasteiger partial charge in [-0.2, -0.15) is 13.2 Å². The maximum absolute atomic E-state index is 13.6. The van der Waals surface area contributed by atoms with E-state index >= 15 is 0 Å². The highest BCUT2D eigenvalue weighted by atomic mass is 32.2. The molecule has 14 heteroatoms. The summed E-state index contributed by atoms with van der Waals surface area (Å²) < 4.78 is 81.5. The molecule has 2 aliphatic heterocycles. The Morgan fingerprint density at radius 3 is 1.91 bits per heavy atom. The highest BCUT2D eigenvalue weighted by Crippen LogP contribution is 2.49. The Morgan fingerprint density at radius 2 is 1.28 bits per heavy atom. The van der Waals surface area contributed by atoms with Crippen LogP contribution in [0.2, 0.25) is 0 Å². The summed E-state index contributed by atoms with van der Waals surface area (Å²) in [4.78, 5) is 8.78. The largest absolute Gasteiger partial charge is 0.416 e. The molecule has 1 fully saturated rings. The minimum Gasteiger partial charge on any atom is -0.379 e. The first kappa shape index (κ1) is 44.7. The topological polar surface area (TPSA) is 74.3 Å². The summed E-state index contributed by atoms with van der Waals surface area (Å²) in [5.74, 6) is 0. The third-order valence-electron chi connectivity index (χ3n) is 10.0. The van der Waals surface area contributed by atoms with Crippen molar-refractivity contribution in [2.45, 2.75) is 86.0 Å². The maximum atomic E-state index is 13.6. The first-order chi connectivity index (χ1) is 25.7. The first-order valence-electron chi connectivity index (χ1n) is 18.8. The molecular formula is C40H62F3N3O7S. The Morgan fingerprint density at radius 1 is 0.685 bits per heavy atom. The minimum absolute atomic E-state index is 0.0862. The zero-order chi connectivity index (χ0) is 39.4. The molecule has 1 saturated heterocycles. The quantitative estimate of drug-likeness (QED) is 0.117. The van der Waals surface area contributed by atoms with E-state index in [2.05, 4.69) is 14.7 Å². The summed E-state index contributed by atoms with van der Waals surface area (Å²) in [6.07, 6.45) is -3.34. The summed E-state index contributed by atoms with van der Waals surface area (Å²) in [7, 11) is 6.72. The summed E-state index contributed by atoms with van der Waals surface area (Å²) in [5.41, 5.74) is 0.191. The van der Waals surface area contributed by atoms with E-state index in [1.54, 1.807) is 34.5 Å². The van der Waals surface area contributed by atoms with Crippen molar-refractivity contribution in [1.82, 2.24) is 9.80 Å². The number of methoxy groups -OCH3 is 4. The van der Waals surface area contributed by atoms with Crippen LogP contribution in [0.15, 0.2) is 52.3 Å². The fraction of sp³-hybridized carbons (Fsp3) is 0.700. The van der Waals surface area contributed by atoms with E-state index in [1.165, 1.54) is 23.9 Å². The van der Waals surface area contributed by atoms with Crippen LogP contribution in [0, 0.1) is 0 Å². The number of piperazine rings is 1. The van der Waals surface area contributed by atoms with Crippen molar-refractivity contribution >= 4 is 23.1 Å². The molecule has 3 unspecified atom stereocenters. The van der Waals surface area contributed by atoms with Gasteiger partial charge in [-0.3, -0.25) is 4.90 Å². The molecule has 0 bridgehead atoms. The van der Waals surface area contributed by atoms with Gasteiger partial charge in [-0.15, -0.1) is 0 Å². The lowest BCUT2D eigenvalue weighted by molar-refractivity contribution is -0.137. The molecule has 2 aromatic rings. The van der Waals surface area contributed by atoms with Gasteiger partial charge in [0, 0.05) is 83.9 Å². The Hall–Kier alpha value is -1.98. The number of hydrogen-bond acceptors (Lipinski definition) is 11. The molecule has 306 valence electrons. The van der Waals surface area contributed by atoms with Crippen LogP contribution < -0.4 is 4.90 Å². The van der Waals surface area contributed by atoms with Crippen molar-refractivity contribution in [3.63, 3.8) is 0 Å². The van der Waals surface area contributed by atoms with E-state index in [4.69, 9.17) is 33.2 Å². The number of para-hydroxylation sites is 1. The second-order valence-corrected chi connectivity index (χ2v) is 16.3. The molecule has 0 radical (unpaired) electrons. The van der Waals surface area contributed by atoms with Crippen molar-refractivity contribution in [2.24, 2.45) is 0 Å². The van der Waals surface area contributed by atoms with Crippen LogP contribution >= 0.6 is 11.8 Å². The first-order valence-corrected chi connectivity index (χ1v) is 19.6. The molecule has 2 aliphatic rings. The third-order valence-corrected chi connectivity index (χ3v) is 11.2. The zero-order valence-corrected chi connectivity index (χ0v) is 34.2. The average Bonchev–Trinajstić information content (AvgIpc) is 3.15. The van der Waals surface area contributed by atoms with E-state index in [0.29, 0.717) is 51.7 Å². The van der Waals surface area contributed by atoms with E-state index in [0.717, 1.165) is 61.2 Å². The lowest BCUT2D eigenvalue weighted by Gasteiger charge is -2.37. The Balaban J connectivity index is 1.15. The molecule has 10 nitrogen and oxygen atoms in total. The van der Waals surface area contributed by atoms with Crippen molar-refractivity contribution in [3.8, 4) is 0 Å². The van der Waals surface area contributed by atoms with Gasteiger partial charge in [0.05, 0.1) is 73.4 Å². The maximum Gasteiger partial charge on any atom is 0.416 e. The van der Waals surface area contributed by atoms with Gasteiger partial charge in [0.15, 0.2) is 0 Å². The van der Waals surface area contributed by atoms with Crippen LogP contribution in [0.25, 0.3) is 0 Å². The molecule has 0 amide bonds. The van der Waals surface area contributed by atoms with Gasteiger partial charge in [-0.05, 0) is 71.0 Å². The smallest absolute Gasteiger partial charge is 0.379 e. The second kappa shape index (κ2) is 21.0. The summed E-state index contributed by atoms with van der Waals surface area (Å²) in [5, 5.41) is 0. The molecule has 0 spiro atoms. The van der Waals surface area contributed by atoms with Gasteiger partial charge in [0.25, 0.3) is 0 Å². The Bertz CT molecular complexity index is 1410. The average molecular weight is 786 g/mol. The summed E-state index contributed by atoms with van der Waals surface area (Å²) in [6.45, 7) is 16.0. The van der Waals surface area contributed by atoms with Gasteiger partial charge >= 0.3 is 6.18 Å². The van der Waals surface area contributed by atoms with Gasteiger partial charge in [0.2, 0.25) is 0 Å². The summed E-state index contributed by atoms with van der Waals surface area (Å²) >= 11 is 1.52. The standard InChI is InChI=1S/C40H62F3N3O7S/c1-38(2,53-29-39(3,4)50-8)23-31(47-5)25-51-27-33(49-7)28-52-26-32(48-6)24-45-20-18-44(19-21-45)16-11-17-46-34-12-9-10-13-36(34)54-37-15-14-30(22-35(37)46)40(41,42)43/h9-10,12-15,22,31-33H,11,16-21,23-29H2,1-8H3. The van der Waals surface area contributed by atoms with Crippen LogP contribution in [0.1, 0.15) is 46.1 Å². The van der Waals surface area contributed by atoms with Gasteiger partial charge in [-0.1, -0.05) is 23.9 Å². The van der Waals surface area contributed by atoms with Gasteiger partial charge < -0.3 is 43.0 Å². The second-order valence-electron chi connectivity index (χ2n) is 15.3. The number of hydrogen-bond donors (Lipinski definition) is 0. The molecular weight excluding hydrogens is 724 g/mol. The van der Waals surface area contributed by atoms with Crippen molar-refractivity contribution in [2.75, 3.05) is 112 Å². The van der Waals surface area contributed by atoms with Crippen molar-refractivity contribution in [3.05, 3.63) is 48.0 Å². The molecule has 54 heavy (non-hydrogen) atoms. The number of anilines is 2. The van der Waals surface area contributed by atoms with E-state index in [1.807, 2.05) is 52.0 Å². The van der Waals surface area contributed by atoms with E-state index in [-0.39, 0.29) is 23.9 Å². The predicted octanol–water partition coefficient (Wildman–Crippen LogP) is 7.00. The van der Waals surface area contributed by atoms with Crippen molar-refractivity contribution < 1.29 is 46.3 Å². The molecule has 0 saturated carbocycles. The molecule has 2 heterocycles. The van der Waals surface area contributed by atoms with E-state index in [9.17, 15) is 13.2 Å². The molecule has 2 aromatic carbocycles. The van der Waals surface area contributed by atoms with E-state index < -0.39 is 17.3 Å². The fourth-order valence-corrected chi connectivity index (χ4v) is 7.55.